The number of benzene rings is 1. The van der Waals surface area contributed by atoms with Gasteiger partial charge in [0.05, 0.1) is 5.56 Å². The Morgan fingerprint density at radius 1 is 1.50 bits per heavy atom. The van der Waals surface area contributed by atoms with Crippen LogP contribution < -0.4 is 0 Å². The van der Waals surface area contributed by atoms with Crippen LogP contribution in [0.3, 0.4) is 0 Å². The van der Waals surface area contributed by atoms with Crippen LogP contribution in [0.5, 0.6) is 0 Å². The number of rotatable bonds is 1. The number of carbonyl (C=O) groups is 1. The molecule has 1 aromatic rings. The van der Waals surface area contributed by atoms with Crippen LogP contribution in [0, 0.1) is 0 Å². The Hall–Kier alpha value is -0.0600. The molecule has 12 heavy (non-hydrogen) atoms. The summed E-state index contributed by atoms with van der Waals surface area (Å²) < 4.78 is 0. The minimum atomic E-state index is -0.813. The maximum absolute atomic E-state index is 10.6. The van der Waals surface area contributed by atoms with E-state index in [4.69, 9.17) is 16.9 Å². The van der Waals surface area contributed by atoms with Crippen molar-refractivity contribution >= 4 is 47.1 Å². The molecule has 3 nitrogen and oxygen atoms in total. The molecule has 0 atom stereocenters. The Kier molecular flexibility index (Phi) is 5.53. The Morgan fingerprint density at radius 2 is 2.17 bits per heavy atom. The molecule has 5 heteroatoms. The van der Waals surface area contributed by atoms with E-state index in [0.29, 0.717) is 5.02 Å². The fraction of sp³-hybridized carbons (Fsp3) is 0. The van der Waals surface area contributed by atoms with Crippen LogP contribution in [-0.2, 0) is 4.89 Å². The third kappa shape index (κ3) is 3.13. The van der Waals surface area contributed by atoms with Crippen LogP contribution in [0.4, 0.5) is 0 Å². The van der Waals surface area contributed by atoms with Gasteiger partial charge in [0.2, 0.25) is 0 Å². The molecule has 0 aromatic heterocycles. The van der Waals surface area contributed by atoms with Gasteiger partial charge in [-0.1, -0.05) is 17.7 Å². The molecule has 0 bridgehead atoms. The molecule has 0 amide bonds. The summed E-state index contributed by atoms with van der Waals surface area (Å²) in [6, 6.07) is 6.11. The van der Waals surface area contributed by atoms with Gasteiger partial charge in [-0.25, -0.2) is 4.79 Å². The second-order valence-corrected chi connectivity index (χ2v) is 2.33. The van der Waals surface area contributed by atoms with E-state index in [1.54, 1.807) is 12.1 Å². The minimum absolute atomic E-state index is 0. The third-order valence-electron chi connectivity index (χ3n) is 1.14. The summed E-state index contributed by atoms with van der Waals surface area (Å²) >= 11 is 5.56. The zero-order valence-corrected chi connectivity index (χ0v) is 6.21. The molecule has 60 valence electrons. The molecular formula is C7H6ClNaO3. The summed E-state index contributed by atoms with van der Waals surface area (Å²) in [4.78, 5) is 14.1. The van der Waals surface area contributed by atoms with Crippen molar-refractivity contribution in [2.75, 3.05) is 0 Å². The quantitative estimate of drug-likeness (QED) is 0.419. The molecule has 0 spiro atoms. The second-order valence-electron chi connectivity index (χ2n) is 1.89. The van der Waals surface area contributed by atoms with E-state index in [2.05, 4.69) is 4.89 Å². The average molecular weight is 197 g/mol. The van der Waals surface area contributed by atoms with Crippen molar-refractivity contribution < 1.29 is 14.9 Å². The van der Waals surface area contributed by atoms with Crippen LogP contribution in [0.15, 0.2) is 24.3 Å². The Morgan fingerprint density at radius 3 is 2.67 bits per heavy atom. The summed E-state index contributed by atoms with van der Waals surface area (Å²) in [5.41, 5.74) is 0.222. The van der Waals surface area contributed by atoms with Gasteiger partial charge >= 0.3 is 35.5 Å². The van der Waals surface area contributed by atoms with E-state index in [9.17, 15) is 4.79 Å². The predicted molar refractivity (Wildman–Crippen MR) is 46.6 cm³/mol. The van der Waals surface area contributed by atoms with Gasteiger partial charge in [0.1, 0.15) is 0 Å². The molecule has 0 aliphatic rings. The molecule has 0 unspecified atom stereocenters. The van der Waals surface area contributed by atoms with Crippen molar-refractivity contribution in [3.63, 3.8) is 0 Å². The summed E-state index contributed by atoms with van der Waals surface area (Å²) in [7, 11) is 0. The molecule has 1 rings (SSSR count). The first-order valence-electron chi connectivity index (χ1n) is 2.85. The monoisotopic (exact) mass is 196 g/mol. The van der Waals surface area contributed by atoms with Gasteiger partial charge in [0.25, 0.3) is 0 Å². The van der Waals surface area contributed by atoms with Crippen molar-refractivity contribution in [3.05, 3.63) is 34.9 Å². The van der Waals surface area contributed by atoms with E-state index in [1.807, 2.05) is 0 Å². The van der Waals surface area contributed by atoms with Gasteiger partial charge in [-0.05, 0) is 18.2 Å². The molecule has 0 aliphatic heterocycles. The molecule has 1 N–H and O–H groups in total. The Balaban J connectivity index is 0.00000121. The van der Waals surface area contributed by atoms with Crippen LogP contribution in [0.1, 0.15) is 10.4 Å². The van der Waals surface area contributed by atoms with Crippen molar-refractivity contribution in [2.45, 2.75) is 0 Å². The SMILES string of the molecule is O=C(OO)c1cccc(Cl)c1.[NaH]. The van der Waals surface area contributed by atoms with Crippen LogP contribution >= 0.6 is 11.6 Å². The Labute approximate surface area is 96.5 Å². The van der Waals surface area contributed by atoms with Crippen LogP contribution in [0.25, 0.3) is 0 Å². The van der Waals surface area contributed by atoms with Crippen molar-refractivity contribution in [1.29, 1.82) is 0 Å². The van der Waals surface area contributed by atoms with Gasteiger partial charge in [0.15, 0.2) is 0 Å². The first kappa shape index (κ1) is 11.9. The molecule has 0 radical (unpaired) electrons. The molecule has 0 saturated heterocycles. The van der Waals surface area contributed by atoms with Crippen molar-refractivity contribution in [3.8, 4) is 0 Å². The van der Waals surface area contributed by atoms with E-state index in [1.165, 1.54) is 12.1 Å². The third-order valence-corrected chi connectivity index (χ3v) is 1.38. The zero-order valence-electron chi connectivity index (χ0n) is 5.45. The summed E-state index contributed by atoms with van der Waals surface area (Å²) in [5.74, 6) is -0.813. The molecular weight excluding hydrogens is 191 g/mol. The van der Waals surface area contributed by atoms with E-state index >= 15 is 0 Å². The molecule has 0 saturated carbocycles. The molecule has 0 aliphatic carbocycles. The Bertz CT molecular complexity index is 277. The van der Waals surface area contributed by atoms with Gasteiger partial charge in [-0.2, -0.15) is 5.26 Å². The van der Waals surface area contributed by atoms with Crippen molar-refractivity contribution in [1.82, 2.24) is 0 Å². The normalized spacial score (nSPS) is 8.50. The van der Waals surface area contributed by atoms with Crippen molar-refractivity contribution in [2.24, 2.45) is 0 Å². The van der Waals surface area contributed by atoms with Gasteiger partial charge in [-0.15, -0.1) is 0 Å². The first-order chi connectivity index (χ1) is 5.24. The standard InChI is InChI=1S/C7H5ClO3.Na.H/c8-6-3-1-2-5(4-6)7(9)11-10;;/h1-4,10H;;. The van der Waals surface area contributed by atoms with Gasteiger partial charge in [-0.3, -0.25) is 4.89 Å². The fourth-order valence-electron chi connectivity index (χ4n) is 0.668. The number of halogens is 1. The predicted octanol–water partition coefficient (Wildman–Crippen LogP) is 1.32. The molecule has 0 fully saturated rings. The summed E-state index contributed by atoms with van der Waals surface area (Å²) in [6.07, 6.45) is 0. The summed E-state index contributed by atoms with van der Waals surface area (Å²) in [6.45, 7) is 0. The molecule has 1 aromatic carbocycles. The van der Waals surface area contributed by atoms with Gasteiger partial charge in [0, 0.05) is 5.02 Å². The van der Waals surface area contributed by atoms with E-state index < -0.39 is 5.97 Å². The fourth-order valence-corrected chi connectivity index (χ4v) is 0.858. The maximum atomic E-state index is 10.6. The molecule has 0 heterocycles. The van der Waals surface area contributed by atoms with Crippen LogP contribution in [-0.4, -0.2) is 40.8 Å². The van der Waals surface area contributed by atoms with Crippen LogP contribution in [0.2, 0.25) is 5.02 Å². The van der Waals surface area contributed by atoms with E-state index in [0.717, 1.165) is 0 Å². The van der Waals surface area contributed by atoms with E-state index in [-0.39, 0.29) is 35.1 Å². The number of hydrogen-bond acceptors (Lipinski definition) is 3. The first-order valence-corrected chi connectivity index (χ1v) is 3.23. The summed E-state index contributed by atoms with van der Waals surface area (Å²) in [5, 5.41) is 8.41. The second kappa shape index (κ2) is 5.56. The average Bonchev–Trinajstić information content (AvgIpc) is 2.03. The topological polar surface area (TPSA) is 46.5 Å². The number of hydrogen-bond donors (Lipinski definition) is 1. The zero-order chi connectivity index (χ0) is 8.27. The number of carbonyl (C=O) groups excluding carboxylic acids is 1. The van der Waals surface area contributed by atoms with Gasteiger partial charge < -0.3 is 0 Å².